The normalized spacial score (nSPS) is 10.4. The molecule has 0 radical (unpaired) electrons. The van der Waals surface area contributed by atoms with E-state index in [9.17, 15) is 0 Å². The van der Waals surface area contributed by atoms with Crippen molar-refractivity contribution in [3.8, 4) is 10.6 Å². The van der Waals surface area contributed by atoms with Crippen LogP contribution >= 0.6 is 23.6 Å². The zero-order chi connectivity index (χ0) is 10.1. The third kappa shape index (κ3) is 1.91. The first kappa shape index (κ1) is 9.55. The van der Waals surface area contributed by atoms with Gasteiger partial charge >= 0.3 is 0 Å². The highest BCUT2D eigenvalue weighted by molar-refractivity contribution is 7.73. The van der Waals surface area contributed by atoms with Gasteiger partial charge in [-0.3, -0.25) is 5.10 Å². The molecule has 4 heteroatoms. The summed E-state index contributed by atoms with van der Waals surface area (Å²) in [5, 5.41) is 7.91. The molecule has 0 saturated carbocycles. The van der Waals surface area contributed by atoms with Gasteiger partial charge in [-0.1, -0.05) is 28.5 Å². The minimum absolute atomic E-state index is 0.721. The fraction of sp³-hybridized carbons (Fsp3) is 0.200. The van der Waals surface area contributed by atoms with E-state index in [1.807, 2.05) is 0 Å². The molecule has 0 saturated heterocycles. The summed E-state index contributed by atoms with van der Waals surface area (Å²) >= 11 is 6.51. The van der Waals surface area contributed by atoms with Crippen LogP contribution in [0, 0.1) is 17.8 Å². The minimum Gasteiger partial charge on any atom is -0.258 e. The summed E-state index contributed by atoms with van der Waals surface area (Å²) in [6.07, 6.45) is 0. The second-order valence-corrected chi connectivity index (χ2v) is 4.96. The lowest BCUT2D eigenvalue weighted by Gasteiger charge is -2.00. The standard InChI is InChI=1S/C10H10N2S2/c1-6-3-7(2)5-8(4-6)9-11-12-10(13)14-9/h3-5H,1-2H3,(H,12,13). The van der Waals surface area contributed by atoms with Gasteiger partial charge in [0.05, 0.1) is 0 Å². The molecule has 2 rings (SSSR count). The molecule has 1 N–H and O–H groups in total. The second kappa shape index (κ2) is 3.63. The van der Waals surface area contributed by atoms with Crippen LogP contribution in [0.5, 0.6) is 0 Å². The van der Waals surface area contributed by atoms with Crippen LogP contribution in [0.3, 0.4) is 0 Å². The number of nitrogens with zero attached hydrogens (tertiary/aromatic N) is 1. The van der Waals surface area contributed by atoms with Gasteiger partial charge in [-0.25, -0.2) is 0 Å². The molecule has 0 aliphatic heterocycles. The lowest BCUT2D eigenvalue weighted by molar-refractivity contribution is 1.08. The second-order valence-electron chi connectivity index (χ2n) is 3.29. The number of nitrogens with one attached hydrogen (secondary N) is 1. The molecule has 0 atom stereocenters. The van der Waals surface area contributed by atoms with Gasteiger partial charge in [-0.05, 0) is 38.2 Å². The minimum atomic E-state index is 0.721. The van der Waals surface area contributed by atoms with Crippen molar-refractivity contribution in [2.75, 3.05) is 0 Å². The van der Waals surface area contributed by atoms with Gasteiger partial charge in [0.1, 0.15) is 5.01 Å². The van der Waals surface area contributed by atoms with Crippen molar-refractivity contribution in [2.45, 2.75) is 13.8 Å². The predicted octanol–water partition coefficient (Wildman–Crippen LogP) is 3.48. The Morgan fingerprint density at radius 2 is 1.86 bits per heavy atom. The topological polar surface area (TPSA) is 28.7 Å². The van der Waals surface area contributed by atoms with Crippen LogP contribution in [-0.2, 0) is 0 Å². The average Bonchev–Trinajstić information content (AvgIpc) is 2.50. The SMILES string of the molecule is Cc1cc(C)cc(-c2n[nH]c(=S)s2)c1. The maximum Gasteiger partial charge on any atom is 0.176 e. The first-order chi connectivity index (χ1) is 6.65. The lowest BCUT2D eigenvalue weighted by Crippen LogP contribution is -1.81. The summed E-state index contributed by atoms with van der Waals surface area (Å²) in [4.78, 5) is 0. The zero-order valence-corrected chi connectivity index (χ0v) is 9.63. The predicted molar refractivity (Wildman–Crippen MR) is 62.2 cm³/mol. The van der Waals surface area contributed by atoms with Crippen LogP contribution in [-0.4, -0.2) is 10.2 Å². The fourth-order valence-electron chi connectivity index (χ4n) is 1.45. The molecular formula is C10H10N2S2. The first-order valence-electron chi connectivity index (χ1n) is 4.29. The van der Waals surface area contributed by atoms with E-state index in [1.165, 1.54) is 22.5 Å². The van der Waals surface area contributed by atoms with Gasteiger partial charge in [0.25, 0.3) is 0 Å². The molecule has 72 valence electrons. The molecule has 1 aromatic heterocycles. The first-order valence-corrected chi connectivity index (χ1v) is 5.52. The number of hydrogen-bond acceptors (Lipinski definition) is 3. The summed E-state index contributed by atoms with van der Waals surface area (Å²) < 4.78 is 0.721. The number of benzene rings is 1. The summed E-state index contributed by atoms with van der Waals surface area (Å²) in [7, 11) is 0. The number of H-pyrrole nitrogens is 1. The summed E-state index contributed by atoms with van der Waals surface area (Å²) in [6.45, 7) is 4.17. The molecule has 2 aromatic rings. The van der Waals surface area contributed by atoms with Crippen LogP contribution in [0.25, 0.3) is 10.6 Å². The Morgan fingerprint density at radius 3 is 2.36 bits per heavy atom. The number of rotatable bonds is 1. The van der Waals surface area contributed by atoms with Crippen LogP contribution in [0.4, 0.5) is 0 Å². The average molecular weight is 222 g/mol. The highest BCUT2D eigenvalue weighted by Crippen LogP contribution is 2.23. The highest BCUT2D eigenvalue weighted by Gasteiger charge is 2.02. The lowest BCUT2D eigenvalue weighted by atomic mass is 10.1. The summed E-state index contributed by atoms with van der Waals surface area (Å²) in [5.74, 6) is 0. The van der Waals surface area contributed by atoms with Crippen molar-refractivity contribution in [3.63, 3.8) is 0 Å². The maximum absolute atomic E-state index is 5.00. The van der Waals surface area contributed by atoms with E-state index < -0.39 is 0 Å². The van der Waals surface area contributed by atoms with E-state index in [1.54, 1.807) is 0 Å². The Hall–Kier alpha value is -1.00. The van der Waals surface area contributed by atoms with Crippen LogP contribution < -0.4 is 0 Å². The van der Waals surface area contributed by atoms with Gasteiger partial charge in [0, 0.05) is 5.56 Å². The number of aromatic nitrogens is 2. The molecule has 0 fully saturated rings. The van der Waals surface area contributed by atoms with Gasteiger partial charge in [-0.15, -0.1) is 0 Å². The Morgan fingerprint density at radius 1 is 1.21 bits per heavy atom. The Balaban J connectivity index is 2.56. The van der Waals surface area contributed by atoms with E-state index in [2.05, 4.69) is 42.2 Å². The Labute approximate surface area is 91.6 Å². The maximum atomic E-state index is 5.00. The number of aryl methyl sites for hydroxylation is 2. The smallest absolute Gasteiger partial charge is 0.176 e. The van der Waals surface area contributed by atoms with Gasteiger partial charge < -0.3 is 0 Å². The van der Waals surface area contributed by atoms with Crippen LogP contribution in [0.1, 0.15) is 11.1 Å². The van der Waals surface area contributed by atoms with Crippen LogP contribution in [0.15, 0.2) is 18.2 Å². The van der Waals surface area contributed by atoms with Crippen LogP contribution in [0.2, 0.25) is 0 Å². The van der Waals surface area contributed by atoms with Crippen molar-refractivity contribution < 1.29 is 0 Å². The molecule has 0 bridgehead atoms. The molecule has 0 amide bonds. The molecule has 14 heavy (non-hydrogen) atoms. The van der Waals surface area contributed by atoms with Crippen molar-refractivity contribution in [1.29, 1.82) is 0 Å². The fourth-order valence-corrected chi connectivity index (χ4v) is 2.33. The zero-order valence-electron chi connectivity index (χ0n) is 8.00. The van der Waals surface area contributed by atoms with Crippen molar-refractivity contribution in [1.82, 2.24) is 10.2 Å². The van der Waals surface area contributed by atoms with E-state index in [0.29, 0.717) is 0 Å². The van der Waals surface area contributed by atoms with E-state index in [4.69, 9.17) is 12.2 Å². The molecule has 0 spiro atoms. The molecule has 0 unspecified atom stereocenters. The monoisotopic (exact) mass is 222 g/mol. The van der Waals surface area contributed by atoms with Crippen molar-refractivity contribution in [2.24, 2.45) is 0 Å². The highest BCUT2D eigenvalue weighted by atomic mass is 32.1. The molecule has 0 aliphatic rings. The third-order valence-electron chi connectivity index (χ3n) is 1.91. The molecule has 2 nitrogen and oxygen atoms in total. The van der Waals surface area contributed by atoms with Gasteiger partial charge in [-0.2, -0.15) is 5.10 Å². The molecular weight excluding hydrogens is 212 g/mol. The molecule has 1 heterocycles. The van der Waals surface area contributed by atoms with Crippen molar-refractivity contribution in [3.05, 3.63) is 33.3 Å². The molecule has 1 aromatic carbocycles. The quantitative estimate of drug-likeness (QED) is 0.748. The molecule has 0 aliphatic carbocycles. The van der Waals surface area contributed by atoms with Gasteiger partial charge in [0.2, 0.25) is 0 Å². The Bertz CT molecular complexity index is 491. The van der Waals surface area contributed by atoms with Gasteiger partial charge in [0.15, 0.2) is 3.95 Å². The van der Waals surface area contributed by atoms with E-state index in [0.717, 1.165) is 14.5 Å². The summed E-state index contributed by atoms with van der Waals surface area (Å²) in [5.41, 5.74) is 3.64. The number of aromatic amines is 1. The van der Waals surface area contributed by atoms with E-state index in [-0.39, 0.29) is 0 Å². The Kier molecular flexibility index (Phi) is 2.48. The number of hydrogen-bond donors (Lipinski definition) is 1. The van der Waals surface area contributed by atoms with E-state index >= 15 is 0 Å². The largest absolute Gasteiger partial charge is 0.258 e. The van der Waals surface area contributed by atoms with Crippen molar-refractivity contribution >= 4 is 23.6 Å². The summed E-state index contributed by atoms with van der Waals surface area (Å²) in [6, 6.07) is 6.39. The third-order valence-corrected chi connectivity index (χ3v) is 3.05.